The second-order valence-electron chi connectivity index (χ2n) is 6.73. The summed E-state index contributed by atoms with van der Waals surface area (Å²) < 4.78 is 24.3. The average Bonchev–Trinajstić information content (AvgIpc) is 3.28. The second kappa shape index (κ2) is 8.83. The molecule has 0 bridgehead atoms. The number of rotatable bonds is 7. The molecule has 2 N–H and O–H groups in total. The van der Waals surface area contributed by atoms with Crippen LogP contribution in [-0.4, -0.2) is 41.2 Å². The zero-order valence-corrected chi connectivity index (χ0v) is 16.1. The van der Waals surface area contributed by atoms with Crippen molar-refractivity contribution in [3.8, 4) is 28.9 Å². The smallest absolute Gasteiger partial charge is 0.246 e. The number of hydrogen-bond acceptors (Lipinski definition) is 7. The fourth-order valence-corrected chi connectivity index (χ4v) is 3.12. The lowest BCUT2D eigenvalue weighted by Gasteiger charge is -2.16. The normalized spacial score (nSPS) is 15.9. The molecule has 0 unspecified atom stereocenters. The fraction of sp³-hybridized carbons (Fsp3) is 0.286. The van der Waals surface area contributed by atoms with Gasteiger partial charge in [-0.1, -0.05) is 0 Å². The van der Waals surface area contributed by atoms with Gasteiger partial charge in [0, 0.05) is 30.4 Å². The van der Waals surface area contributed by atoms with E-state index in [1.165, 1.54) is 18.6 Å². The number of aromatic nitrogens is 3. The Labute approximate surface area is 168 Å². The maximum Gasteiger partial charge on any atom is 0.246 e. The second-order valence-corrected chi connectivity index (χ2v) is 6.73. The van der Waals surface area contributed by atoms with E-state index in [4.69, 9.17) is 9.47 Å². The van der Waals surface area contributed by atoms with E-state index in [2.05, 4.69) is 25.6 Å². The van der Waals surface area contributed by atoms with Crippen LogP contribution in [0.1, 0.15) is 12.8 Å². The van der Waals surface area contributed by atoms with Crippen LogP contribution in [0.15, 0.2) is 48.8 Å². The van der Waals surface area contributed by atoms with Crippen LogP contribution in [0.5, 0.6) is 17.5 Å². The van der Waals surface area contributed by atoms with Crippen molar-refractivity contribution in [1.82, 2.24) is 20.3 Å². The molecule has 3 heterocycles. The summed E-state index contributed by atoms with van der Waals surface area (Å²) in [6, 6.07) is 9.80. The van der Waals surface area contributed by atoms with E-state index < -0.39 is 0 Å². The third-order valence-corrected chi connectivity index (χ3v) is 4.69. The molecule has 7 nitrogen and oxygen atoms in total. The summed E-state index contributed by atoms with van der Waals surface area (Å²) in [5.41, 5.74) is 1.41. The van der Waals surface area contributed by atoms with E-state index in [-0.39, 0.29) is 5.82 Å². The van der Waals surface area contributed by atoms with Crippen molar-refractivity contribution in [3.63, 3.8) is 0 Å². The molecule has 2 aromatic heterocycles. The van der Waals surface area contributed by atoms with Gasteiger partial charge in [-0.2, -0.15) is 4.98 Å². The third kappa shape index (κ3) is 4.78. The van der Waals surface area contributed by atoms with Crippen LogP contribution >= 0.6 is 0 Å². The Morgan fingerprint density at radius 2 is 2.00 bits per heavy atom. The zero-order valence-electron chi connectivity index (χ0n) is 16.1. The average molecular weight is 395 g/mol. The lowest BCUT2D eigenvalue weighted by molar-refractivity contribution is 0.398. The van der Waals surface area contributed by atoms with Crippen LogP contribution in [0.4, 0.5) is 10.1 Å². The summed E-state index contributed by atoms with van der Waals surface area (Å²) in [5, 5.41) is 6.81. The van der Waals surface area contributed by atoms with E-state index >= 15 is 0 Å². The van der Waals surface area contributed by atoms with Crippen LogP contribution in [0.25, 0.3) is 11.4 Å². The molecule has 0 aliphatic carbocycles. The van der Waals surface area contributed by atoms with Gasteiger partial charge >= 0.3 is 0 Å². The SMILES string of the molecule is COc1ccc(-c2ncc(NC[C@@H]3CCCN3)c(Oc3ccc(F)cc3)n2)cn1. The molecule has 0 amide bonds. The first-order valence-electron chi connectivity index (χ1n) is 9.49. The molecule has 4 rings (SSSR count). The Kier molecular flexibility index (Phi) is 5.81. The van der Waals surface area contributed by atoms with E-state index in [1.54, 1.807) is 37.7 Å². The largest absolute Gasteiger partial charge is 0.481 e. The number of methoxy groups -OCH3 is 1. The summed E-state index contributed by atoms with van der Waals surface area (Å²) in [6.45, 7) is 1.78. The number of hydrogen-bond donors (Lipinski definition) is 2. The summed E-state index contributed by atoms with van der Waals surface area (Å²) in [7, 11) is 1.56. The molecule has 8 heteroatoms. The van der Waals surface area contributed by atoms with E-state index in [1.807, 2.05) is 6.07 Å². The number of ether oxygens (including phenoxy) is 2. The van der Waals surface area contributed by atoms with Crippen LogP contribution < -0.4 is 20.1 Å². The Bertz CT molecular complexity index is 944. The molecule has 1 aliphatic heterocycles. The number of benzene rings is 1. The molecule has 1 aliphatic rings. The van der Waals surface area contributed by atoms with Gasteiger partial charge in [-0.05, 0) is 49.7 Å². The quantitative estimate of drug-likeness (QED) is 0.632. The third-order valence-electron chi connectivity index (χ3n) is 4.69. The molecule has 3 aromatic rings. The van der Waals surface area contributed by atoms with Crippen molar-refractivity contribution in [3.05, 3.63) is 54.6 Å². The molecule has 0 saturated carbocycles. The Hall–Kier alpha value is -3.26. The van der Waals surface area contributed by atoms with Crippen molar-refractivity contribution in [2.75, 3.05) is 25.5 Å². The monoisotopic (exact) mass is 395 g/mol. The molecule has 1 aromatic carbocycles. The Morgan fingerprint density at radius 1 is 1.14 bits per heavy atom. The number of nitrogens with one attached hydrogen (secondary N) is 2. The highest BCUT2D eigenvalue weighted by atomic mass is 19.1. The molecular weight excluding hydrogens is 373 g/mol. The fourth-order valence-electron chi connectivity index (χ4n) is 3.12. The van der Waals surface area contributed by atoms with Gasteiger partial charge in [0.25, 0.3) is 0 Å². The molecule has 0 spiro atoms. The van der Waals surface area contributed by atoms with Crippen LogP contribution in [0.2, 0.25) is 0 Å². The molecule has 1 fully saturated rings. The first-order chi connectivity index (χ1) is 14.2. The summed E-state index contributed by atoms with van der Waals surface area (Å²) in [6.07, 6.45) is 5.63. The van der Waals surface area contributed by atoms with E-state index in [0.717, 1.165) is 25.1 Å². The minimum Gasteiger partial charge on any atom is -0.481 e. The van der Waals surface area contributed by atoms with Crippen LogP contribution in [-0.2, 0) is 0 Å². The standard InChI is InChI=1S/C21H22FN5O2/c1-28-19-9-4-14(11-25-19)20-26-13-18(24-12-16-3-2-10-23-16)21(27-20)29-17-7-5-15(22)6-8-17/h4-9,11,13,16,23-24H,2-3,10,12H2,1H3/t16-/m0/s1. The van der Waals surface area contributed by atoms with Crippen molar-refractivity contribution < 1.29 is 13.9 Å². The highest BCUT2D eigenvalue weighted by molar-refractivity contribution is 5.60. The van der Waals surface area contributed by atoms with E-state index in [0.29, 0.717) is 35.1 Å². The van der Waals surface area contributed by atoms with Crippen molar-refractivity contribution in [2.45, 2.75) is 18.9 Å². The topological polar surface area (TPSA) is 81.2 Å². The highest BCUT2D eigenvalue weighted by Crippen LogP contribution is 2.30. The molecule has 1 atom stereocenters. The van der Waals surface area contributed by atoms with E-state index in [9.17, 15) is 4.39 Å². The zero-order chi connectivity index (χ0) is 20.1. The van der Waals surface area contributed by atoms with Gasteiger partial charge in [0.2, 0.25) is 11.8 Å². The van der Waals surface area contributed by atoms with Crippen molar-refractivity contribution in [2.24, 2.45) is 0 Å². The van der Waals surface area contributed by atoms with Gasteiger partial charge in [0.1, 0.15) is 17.3 Å². The number of nitrogens with zero attached hydrogens (tertiary/aromatic N) is 3. The lowest BCUT2D eigenvalue weighted by Crippen LogP contribution is -2.29. The van der Waals surface area contributed by atoms with Crippen LogP contribution in [0.3, 0.4) is 0 Å². The minimum atomic E-state index is -0.323. The molecule has 150 valence electrons. The van der Waals surface area contributed by atoms with Crippen molar-refractivity contribution >= 4 is 5.69 Å². The summed E-state index contributed by atoms with van der Waals surface area (Å²) in [5.74, 6) is 1.53. The summed E-state index contributed by atoms with van der Waals surface area (Å²) >= 11 is 0. The van der Waals surface area contributed by atoms with Gasteiger partial charge in [-0.25, -0.2) is 14.4 Å². The molecule has 1 saturated heterocycles. The number of anilines is 1. The molecule has 0 radical (unpaired) electrons. The number of pyridine rings is 1. The predicted molar refractivity (Wildman–Crippen MR) is 108 cm³/mol. The maximum atomic E-state index is 13.2. The van der Waals surface area contributed by atoms with Gasteiger partial charge in [-0.3, -0.25) is 0 Å². The first kappa shape index (κ1) is 19.1. The first-order valence-corrected chi connectivity index (χ1v) is 9.49. The van der Waals surface area contributed by atoms with Gasteiger partial charge in [-0.15, -0.1) is 0 Å². The predicted octanol–water partition coefficient (Wildman–Crippen LogP) is 3.64. The minimum absolute atomic E-state index is 0.323. The highest BCUT2D eigenvalue weighted by Gasteiger charge is 2.16. The summed E-state index contributed by atoms with van der Waals surface area (Å²) in [4.78, 5) is 13.2. The maximum absolute atomic E-state index is 13.2. The van der Waals surface area contributed by atoms with Gasteiger partial charge in [0.05, 0.1) is 13.3 Å². The Balaban J connectivity index is 1.60. The lowest BCUT2D eigenvalue weighted by atomic mass is 10.2. The molecule has 29 heavy (non-hydrogen) atoms. The molecular formula is C21H22FN5O2. The Morgan fingerprint density at radius 3 is 2.69 bits per heavy atom. The van der Waals surface area contributed by atoms with Crippen LogP contribution in [0, 0.1) is 5.82 Å². The number of halogens is 1. The van der Waals surface area contributed by atoms with Gasteiger partial charge < -0.3 is 20.1 Å². The van der Waals surface area contributed by atoms with Gasteiger partial charge in [0.15, 0.2) is 5.82 Å². The van der Waals surface area contributed by atoms with Crippen molar-refractivity contribution in [1.29, 1.82) is 0 Å².